The molecule has 1 fully saturated rings. The molecule has 1 saturated heterocycles. The van der Waals surface area contributed by atoms with E-state index in [-0.39, 0.29) is 5.91 Å². The SMILES string of the molecule is Cc1ccc2nc(C)cc(C(=O)Nc3nc(CN4CCCCC4)cs3)c2c1. The number of hydrogen-bond donors (Lipinski definition) is 1. The summed E-state index contributed by atoms with van der Waals surface area (Å²) in [7, 11) is 0. The molecule has 0 spiro atoms. The second-order valence-corrected chi connectivity index (χ2v) is 8.12. The highest BCUT2D eigenvalue weighted by molar-refractivity contribution is 7.14. The average molecular weight is 381 g/mol. The summed E-state index contributed by atoms with van der Waals surface area (Å²) in [6.07, 6.45) is 3.86. The lowest BCUT2D eigenvalue weighted by Gasteiger charge is -2.25. The summed E-state index contributed by atoms with van der Waals surface area (Å²) in [5, 5.41) is 6.56. The van der Waals surface area contributed by atoms with Gasteiger partial charge >= 0.3 is 0 Å². The number of aromatic nitrogens is 2. The zero-order chi connectivity index (χ0) is 18.8. The molecule has 1 aliphatic rings. The summed E-state index contributed by atoms with van der Waals surface area (Å²) in [6, 6.07) is 7.85. The van der Waals surface area contributed by atoms with Gasteiger partial charge in [-0.05, 0) is 58.0 Å². The number of carbonyl (C=O) groups excluding carboxylic acids is 1. The fourth-order valence-corrected chi connectivity index (χ4v) is 4.30. The number of fused-ring (bicyclic) bond motifs is 1. The third-order valence-electron chi connectivity index (χ3n) is 4.94. The van der Waals surface area contributed by atoms with Gasteiger partial charge in [0.25, 0.3) is 5.91 Å². The van der Waals surface area contributed by atoms with Crippen molar-refractivity contribution in [3.8, 4) is 0 Å². The monoisotopic (exact) mass is 380 g/mol. The molecular formula is C21H24N4OS. The smallest absolute Gasteiger partial charge is 0.258 e. The molecule has 0 atom stereocenters. The number of pyridine rings is 1. The predicted molar refractivity (Wildman–Crippen MR) is 110 cm³/mol. The lowest BCUT2D eigenvalue weighted by Crippen LogP contribution is -2.29. The molecule has 5 nitrogen and oxygen atoms in total. The molecule has 0 bridgehead atoms. The maximum Gasteiger partial charge on any atom is 0.258 e. The second-order valence-electron chi connectivity index (χ2n) is 7.27. The van der Waals surface area contributed by atoms with E-state index in [0.29, 0.717) is 10.7 Å². The fourth-order valence-electron chi connectivity index (χ4n) is 3.61. The number of carbonyl (C=O) groups is 1. The van der Waals surface area contributed by atoms with Crippen molar-refractivity contribution in [3.63, 3.8) is 0 Å². The van der Waals surface area contributed by atoms with Crippen LogP contribution in [0.4, 0.5) is 5.13 Å². The number of aryl methyl sites for hydroxylation is 2. The minimum absolute atomic E-state index is 0.130. The van der Waals surface area contributed by atoms with Gasteiger partial charge in [0.05, 0.1) is 16.8 Å². The standard InChI is InChI=1S/C21H24N4OS/c1-14-6-7-19-17(10-14)18(11-15(2)22-19)20(26)24-21-23-16(13-27-21)12-25-8-4-3-5-9-25/h6-7,10-11,13H,3-5,8-9,12H2,1-2H3,(H,23,24,26). The predicted octanol–water partition coefficient (Wildman–Crippen LogP) is 4.55. The highest BCUT2D eigenvalue weighted by Gasteiger charge is 2.16. The fraction of sp³-hybridized carbons (Fsp3) is 0.381. The Hall–Kier alpha value is -2.31. The van der Waals surface area contributed by atoms with E-state index in [0.717, 1.165) is 47.5 Å². The van der Waals surface area contributed by atoms with E-state index >= 15 is 0 Å². The zero-order valence-corrected chi connectivity index (χ0v) is 16.6. The zero-order valence-electron chi connectivity index (χ0n) is 15.8. The van der Waals surface area contributed by atoms with Gasteiger partial charge in [0.2, 0.25) is 0 Å². The minimum atomic E-state index is -0.130. The Kier molecular flexibility index (Phi) is 5.18. The number of nitrogens with zero attached hydrogens (tertiary/aromatic N) is 3. The molecule has 0 saturated carbocycles. The molecule has 3 aromatic rings. The van der Waals surface area contributed by atoms with Gasteiger partial charge in [-0.1, -0.05) is 18.1 Å². The first-order valence-electron chi connectivity index (χ1n) is 9.44. The first-order valence-corrected chi connectivity index (χ1v) is 10.3. The highest BCUT2D eigenvalue weighted by atomic mass is 32.1. The molecule has 3 heterocycles. The molecule has 2 aromatic heterocycles. The average Bonchev–Trinajstić information content (AvgIpc) is 3.09. The number of likely N-dealkylation sites (tertiary alicyclic amines) is 1. The summed E-state index contributed by atoms with van der Waals surface area (Å²) in [6.45, 7) is 7.08. The summed E-state index contributed by atoms with van der Waals surface area (Å²) in [5.74, 6) is -0.130. The van der Waals surface area contributed by atoms with E-state index < -0.39 is 0 Å². The molecular weight excluding hydrogens is 356 g/mol. The van der Waals surface area contributed by atoms with Crippen LogP contribution in [0.3, 0.4) is 0 Å². The molecule has 0 unspecified atom stereocenters. The Labute approximate surface area is 163 Å². The lowest BCUT2D eigenvalue weighted by molar-refractivity contribution is 0.102. The van der Waals surface area contributed by atoms with Crippen LogP contribution in [0.2, 0.25) is 0 Å². The van der Waals surface area contributed by atoms with Crippen molar-refractivity contribution < 1.29 is 4.79 Å². The van der Waals surface area contributed by atoms with E-state index in [1.807, 2.05) is 43.5 Å². The summed E-state index contributed by atoms with van der Waals surface area (Å²) >= 11 is 1.49. The normalized spacial score (nSPS) is 15.2. The van der Waals surface area contributed by atoms with Crippen LogP contribution in [0.15, 0.2) is 29.6 Å². The van der Waals surface area contributed by atoms with E-state index in [1.54, 1.807) is 0 Å². The number of amides is 1. The van der Waals surface area contributed by atoms with Gasteiger partial charge in [-0.3, -0.25) is 20.0 Å². The number of hydrogen-bond acceptors (Lipinski definition) is 5. The summed E-state index contributed by atoms with van der Waals surface area (Å²) in [4.78, 5) is 24.5. The number of thiazole rings is 1. The number of anilines is 1. The molecule has 1 aliphatic heterocycles. The van der Waals surface area contributed by atoms with Crippen molar-refractivity contribution in [3.05, 3.63) is 52.2 Å². The third kappa shape index (κ3) is 4.17. The summed E-state index contributed by atoms with van der Waals surface area (Å²) < 4.78 is 0. The van der Waals surface area contributed by atoms with Gasteiger partial charge in [-0.25, -0.2) is 4.98 Å². The number of benzene rings is 1. The van der Waals surface area contributed by atoms with E-state index in [2.05, 4.69) is 20.2 Å². The van der Waals surface area contributed by atoms with Gasteiger partial charge in [-0.2, -0.15) is 0 Å². The molecule has 6 heteroatoms. The van der Waals surface area contributed by atoms with Crippen LogP contribution >= 0.6 is 11.3 Å². The molecule has 0 aliphatic carbocycles. The number of rotatable bonds is 4. The number of piperidine rings is 1. The highest BCUT2D eigenvalue weighted by Crippen LogP contribution is 2.23. The molecule has 4 rings (SSSR count). The van der Waals surface area contributed by atoms with Crippen LogP contribution < -0.4 is 5.32 Å². The quantitative estimate of drug-likeness (QED) is 0.722. The first kappa shape index (κ1) is 18.1. The lowest BCUT2D eigenvalue weighted by atomic mass is 10.0. The molecule has 140 valence electrons. The largest absolute Gasteiger partial charge is 0.298 e. The Morgan fingerprint density at radius 1 is 1.15 bits per heavy atom. The van der Waals surface area contributed by atoms with Gasteiger partial charge in [0.15, 0.2) is 5.13 Å². The summed E-state index contributed by atoms with van der Waals surface area (Å²) in [5.41, 5.74) is 4.47. The van der Waals surface area contributed by atoms with Crippen LogP contribution in [0, 0.1) is 13.8 Å². The Morgan fingerprint density at radius 2 is 1.96 bits per heavy atom. The molecule has 1 aromatic carbocycles. The van der Waals surface area contributed by atoms with Crippen LogP contribution in [-0.2, 0) is 6.54 Å². The van der Waals surface area contributed by atoms with E-state index in [1.165, 1.54) is 30.6 Å². The van der Waals surface area contributed by atoms with Crippen molar-refractivity contribution in [1.29, 1.82) is 0 Å². The van der Waals surface area contributed by atoms with Crippen molar-refractivity contribution in [2.24, 2.45) is 0 Å². The van der Waals surface area contributed by atoms with E-state index in [4.69, 9.17) is 0 Å². The minimum Gasteiger partial charge on any atom is -0.298 e. The van der Waals surface area contributed by atoms with Gasteiger partial charge < -0.3 is 0 Å². The number of nitrogens with one attached hydrogen (secondary N) is 1. The Bertz CT molecular complexity index is 975. The molecule has 1 amide bonds. The van der Waals surface area contributed by atoms with E-state index in [9.17, 15) is 4.79 Å². The Balaban J connectivity index is 1.52. The van der Waals surface area contributed by atoms with Crippen LogP contribution in [0.5, 0.6) is 0 Å². The molecule has 1 N–H and O–H groups in total. The maximum absolute atomic E-state index is 12.9. The van der Waals surface area contributed by atoms with Crippen molar-refractivity contribution in [2.45, 2.75) is 39.7 Å². The maximum atomic E-state index is 12.9. The second kappa shape index (κ2) is 7.74. The molecule has 27 heavy (non-hydrogen) atoms. The van der Waals surface area contributed by atoms with Crippen molar-refractivity contribution in [2.75, 3.05) is 18.4 Å². The van der Waals surface area contributed by atoms with Crippen molar-refractivity contribution >= 4 is 33.3 Å². The van der Waals surface area contributed by atoms with Crippen LogP contribution in [-0.4, -0.2) is 33.9 Å². The first-order chi connectivity index (χ1) is 13.1. The van der Waals surface area contributed by atoms with Gasteiger partial charge in [-0.15, -0.1) is 11.3 Å². The molecule has 0 radical (unpaired) electrons. The Morgan fingerprint density at radius 3 is 2.78 bits per heavy atom. The van der Waals surface area contributed by atoms with Crippen LogP contribution in [0.1, 0.15) is 46.6 Å². The van der Waals surface area contributed by atoms with Gasteiger partial charge in [0.1, 0.15) is 0 Å². The topological polar surface area (TPSA) is 58.1 Å². The van der Waals surface area contributed by atoms with Crippen molar-refractivity contribution in [1.82, 2.24) is 14.9 Å². The van der Waals surface area contributed by atoms with Crippen LogP contribution in [0.25, 0.3) is 10.9 Å². The van der Waals surface area contributed by atoms with Gasteiger partial charge in [0, 0.05) is 23.0 Å². The third-order valence-corrected chi connectivity index (χ3v) is 5.75.